The quantitative estimate of drug-likeness (QED) is 0.811. The third-order valence-corrected chi connectivity index (χ3v) is 5.53. The van der Waals surface area contributed by atoms with Crippen LogP contribution in [0.15, 0.2) is 54.6 Å². The minimum absolute atomic E-state index is 0.00535. The Morgan fingerprint density at radius 2 is 1.59 bits per heavy atom. The van der Waals surface area contributed by atoms with E-state index in [0.717, 1.165) is 11.1 Å². The molecule has 0 unspecified atom stereocenters. The van der Waals surface area contributed by atoms with Crippen LogP contribution in [0.1, 0.15) is 41.3 Å². The smallest absolute Gasteiger partial charge is 0.253 e. The Hall–Kier alpha value is -2.62. The third-order valence-electron chi connectivity index (χ3n) is 5.53. The zero-order chi connectivity index (χ0) is 19.4. The topological polar surface area (TPSA) is 40.6 Å². The van der Waals surface area contributed by atoms with Crippen molar-refractivity contribution in [3.05, 3.63) is 71.3 Å². The zero-order valence-corrected chi connectivity index (χ0v) is 16.4. The summed E-state index contributed by atoms with van der Waals surface area (Å²) in [6.45, 7) is 8.45. The largest absolute Gasteiger partial charge is 0.343 e. The van der Waals surface area contributed by atoms with E-state index < -0.39 is 0 Å². The Bertz CT molecular complexity index is 782. The Morgan fingerprint density at radius 1 is 0.963 bits per heavy atom. The van der Waals surface area contributed by atoms with Gasteiger partial charge in [0.25, 0.3) is 5.91 Å². The first-order valence-corrected chi connectivity index (χ1v) is 9.74. The SMILES string of the molecule is CCN(CC)C(=O)[C@@H]1CN(C(=O)c2ccc(C)cc2)C[C@H]1c1ccccc1. The molecule has 27 heavy (non-hydrogen) atoms. The number of likely N-dealkylation sites (tertiary alicyclic amines) is 1. The molecule has 4 heteroatoms. The first-order chi connectivity index (χ1) is 13.0. The summed E-state index contributed by atoms with van der Waals surface area (Å²) in [5, 5.41) is 0. The lowest BCUT2D eigenvalue weighted by Crippen LogP contribution is -2.39. The summed E-state index contributed by atoms with van der Waals surface area (Å²) < 4.78 is 0. The number of rotatable bonds is 5. The summed E-state index contributed by atoms with van der Waals surface area (Å²) >= 11 is 0. The summed E-state index contributed by atoms with van der Waals surface area (Å²) in [5.74, 6) is -0.00534. The minimum atomic E-state index is -0.193. The van der Waals surface area contributed by atoms with E-state index in [1.165, 1.54) is 0 Å². The second kappa shape index (κ2) is 8.38. The van der Waals surface area contributed by atoms with Crippen molar-refractivity contribution < 1.29 is 9.59 Å². The summed E-state index contributed by atoms with van der Waals surface area (Å²) in [6, 6.07) is 17.8. The van der Waals surface area contributed by atoms with Crippen molar-refractivity contribution in [2.24, 2.45) is 5.92 Å². The highest BCUT2D eigenvalue weighted by molar-refractivity contribution is 5.95. The van der Waals surface area contributed by atoms with Gasteiger partial charge < -0.3 is 9.80 Å². The molecule has 0 aliphatic carbocycles. The number of nitrogens with zero attached hydrogens (tertiary/aromatic N) is 2. The highest BCUT2D eigenvalue weighted by atomic mass is 16.2. The van der Waals surface area contributed by atoms with Gasteiger partial charge in [0.15, 0.2) is 0 Å². The predicted molar refractivity (Wildman–Crippen MR) is 108 cm³/mol. The molecule has 2 amide bonds. The van der Waals surface area contributed by atoms with Crippen molar-refractivity contribution in [2.75, 3.05) is 26.2 Å². The van der Waals surface area contributed by atoms with E-state index in [1.54, 1.807) is 0 Å². The van der Waals surface area contributed by atoms with Crippen LogP contribution in [0, 0.1) is 12.8 Å². The first-order valence-electron chi connectivity index (χ1n) is 9.74. The van der Waals surface area contributed by atoms with Gasteiger partial charge in [-0.1, -0.05) is 48.0 Å². The van der Waals surface area contributed by atoms with Crippen LogP contribution in [0.2, 0.25) is 0 Å². The van der Waals surface area contributed by atoms with Crippen LogP contribution in [-0.4, -0.2) is 47.8 Å². The van der Waals surface area contributed by atoms with Gasteiger partial charge in [0.1, 0.15) is 0 Å². The molecule has 4 nitrogen and oxygen atoms in total. The molecule has 2 aromatic rings. The van der Waals surface area contributed by atoms with E-state index in [1.807, 2.05) is 73.0 Å². The van der Waals surface area contributed by atoms with Gasteiger partial charge in [-0.15, -0.1) is 0 Å². The van der Waals surface area contributed by atoms with Gasteiger partial charge in [-0.25, -0.2) is 0 Å². The van der Waals surface area contributed by atoms with E-state index in [9.17, 15) is 9.59 Å². The first kappa shape index (κ1) is 19.2. The highest BCUT2D eigenvalue weighted by Gasteiger charge is 2.41. The van der Waals surface area contributed by atoms with Crippen molar-refractivity contribution in [1.29, 1.82) is 0 Å². The maximum atomic E-state index is 13.1. The van der Waals surface area contributed by atoms with Gasteiger partial charge in [-0.3, -0.25) is 9.59 Å². The number of hydrogen-bond acceptors (Lipinski definition) is 2. The van der Waals surface area contributed by atoms with E-state index >= 15 is 0 Å². The molecular weight excluding hydrogens is 336 g/mol. The van der Waals surface area contributed by atoms with E-state index in [4.69, 9.17) is 0 Å². The molecule has 142 valence electrons. The second-order valence-corrected chi connectivity index (χ2v) is 7.21. The summed E-state index contributed by atoms with van der Waals surface area (Å²) in [5.41, 5.74) is 2.94. The molecule has 1 fully saturated rings. The number of carbonyl (C=O) groups excluding carboxylic acids is 2. The summed E-state index contributed by atoms with van der Waals surface area (Å²) in [6.07, 6.45) is 0. The van der Waals surface area contributed by atoms with Crippen LogP contribution >= 0.6 is 0 Å². The molecule has 0 spiro atoms. The molecule has 0 radical (unpaired) electrons. The van der Waals surface area contributed by atoms with Crippen molar-refractivity contribution in [3.8, 4) is 0 Å². The molecular formula is C23H28N2O2. The van der Waals surface area contributed by atoms with Gasteiger partial charge in [0.05, 0.1) is 5.92 Å². The second-order valence-electron chi connectivity index (χ2n) is 7.21. The number of carbonyl (C=O) groups is 2. The fourth-order valence-electron chi connectivity index (χ4n) is 3.91. The average molecular weight is 364 g/mol. The van der Waals surface area contributed by atoms with Crippen LogP contribution < -0.4 is 0 Å². The number of hydrogen-bond donors (Lipinski definition) is 0. The molecule has 2 aromatic carbocycles. The van der Waals surface area contributed by atoms with Crippen molar-refractivity contribution in [2.45, 2.75) is 26.7 Å². The molecule has 3 rings (SSSR count). The molecule has 1 aliphatic rings. The van der Waals surface area contributed by atoms with Crippen molar-refractivity contribution >= 4 is 11.8 Å². The molecule has 0 N–H and O–H groups in total. The van der Waals surface area contributed by atoms with E-state index in [-0.39, 0.29) is 23.7 Å². The van der Waals surface area contributed by atoms with Gasteiger partial charge in [-0.2, -0.15) is 0 Å². The van der Waals surface area contributed by atoms with Crippen LogP contribution in [-0.2, 0) is 4.79 Å². The van der Waals surface area contributed by atoms with Gasteiger partial charge >= 0.3 is 0 Å². The predicted octanol–water partition coefficient (Wildman–Crippen LogP) is 3.72. The molecule has 1 heterocycles. The van der Waals surface area contributed by atoms with Gasteiger partial charge in [0, 0.05) is 37.7 Å². The zero-order valence-electron chi connectivity index (χ0n) is 16.4. The Kier molecular flexibility index (Phi) is 5.94. The fourth-order valence-corrected chi connectivity index (χ4v) is 3.91. The molecule has 0 aromatic heterocycles. The Labute approximate surface area is 161 Å². The molecule has 0 saturated carbocycles. The van der Waals surface area contributed by atoms with Gasteiger partial charge in [-0.05, 0) is 38.5 Å². The van der Waals surface area contributed by atoms with Crippen LogP contribution in [0.3, 0.4) is 0 Å². The molecule has 0 bridgehead atoms. The Morgan fingerprint density at radius 3 is 2.19 bits per heavy atom. The number of aryl methyl sites for hydroxylation is 1. The number of amides is 2. The van der Waals surface area contributed by atoms with Crippen LogP contribution in [0.5, 0.6) is 0 Å². The lowest BCUT2D eigenvalue weighted by molar-refractivity contribution is -0.135. The monoisotopic (exact) mass is 364 g/mol. The normalized spacial score (nSPS) is 19.1. The number of benzene rings is 2. The van der Waals surface area contributed by atoms with Crippen molar-refractivity contribution in [3.63, 3.8) is 0 Å². The Balaban J connectivity index is 1.87. The summed E-state index contributed by atoms with van der Waals surface area (Å²) in [7, 11) is 0. The lowest BCUT2D eigenvalue weighted by Gasteiger charge is -2.25. The van der Waals surface area contributed by atoms with E-state index in [2.05, 4.69) is 12.1 Å². The highest BCUT2D eigenvalue weighted by Crippen LogP contribution is 2.34. The maximum Gasteiger partial charge on any atom is 0.253 e. The van der Waals surface area contributed by atoms with E-state index in [0.29, 0.717) is 31.7 Å². The minimum Gasteiger partial charge on any atom is -0.343 e. The van der Waals surface area contributed by atoms with Crippen molar-refractivity contribution in [1.82, 2.24) is 9.80 Å². The van der Waals surface area contributed by atoms with Crippen LogP contribution in [0.25, 0.3) is 0 Å². The third kappa shape index (κ3) is 4.05. The summed E-state index contributed by atoms with van der Waals surface area (Å²) in [4.78, 5) is 29.9. The maximum absolute atomic E-state index is 13.1. The lowest BCUT2D eigenvalue weighted by atomic mass is 9.88. The molecule has 1 saturated heterocycles. The molecule has 2 atom stereocenters. The molecule has 1 aliphatic heterocycles. The average Bonchev–Trinajstić information content (AvgIpc) is 3.15. The standard InChI is InChI=1S/C23H28N2O2/c1-4-24(5-2)23(27)21-16-25(15-20(21)18-9-7-6-8-10-18)22(26)19-13-11-17(3)12-14-19/h6-14,20-21H,4-5,15-16H2,1-3H3/t20-,21+/m0/s1. The van der Waals surface area contributed by atoms with Gasteiger partial charge in [0.2, 0.25) is 5.91 Å². The fraction of sp³-hybridized carbons (Fsp3) is 0.391. The van der Waals surface area contributed by atoms with Crippen LogP contribution in [0.4, 0.5) is 0 Å².